The number of hydrogen-bond acceptors (Lipinski definition) is 3. The number of nitrogens with one attached hydrogen (secondary N) is 2. The Morgan fingerprint density at radius 2 is 1.75 bits per heavy atom. The Morgan fingerprint density at radius 1 is 1.04 bits per heavy atom. The molecule has 5 nitrogen and oxygen atoms in total. The van der Waals surface area contributed by atoms with Crippen molar-refractivity contribution >= 4 is 23.2 Å². The van der Waals surface area contributed by atoms with Gasteiger partial charge in [0.15, 0.2) is 0 Å². The third-order valence-corrected chi connectivity index (χ3v) is 5.80. The highest BCUT2D eigenvalue weighted by Crippen LogP contribution is 2.31. The molecule has 2 aromatic carbocycles. The first-order chi connectivity index (χ1) is 13.6. The molecule has 4 rings (SSSR count). The molecule has 1 atom stereocenters. The van der Waals surface area contributed by atoms with E-state index < -0.39 is 0 Å². The highest BCUT2D eigenvalue weighted by molar-refractivity contribution is 6.04. The molecule has 0 bridgehead atoms. The van der Waals surface area contributed by atoms with Crippen LogP contribution < -0.4 is 15.5 Å². The first-order valence-electron chi connectivity index (χ1n) is 10.2. The molecule has 0 saturated heterocycles. The molecular weight excluding hydrogens is 350 g/mol. The molecule has 1 aliphatic heterocycles. The number of amides is 2. The number of carbonyl (C=O) groups excluding carboxylic acids is 2. The summed E-state index contributed by atoms with van der Waals surface area (Å²) in [5.41, 5.74) is 3.50. The van der Waals surface area contributed by atoms with Crippen LogP contribution in [0, 0.1) is 0 Å². The number of carbonyl (C=O) groups is 2. The van der Waals surface area contributed by atoms with Crippen LogP contribution >= 0.6 is 0 Å². The van der Waals surface area contributed by atoms with E-state index in [1.807, 2.05) is 24.3 Å². The molecule has 1 heterocycles. The van der Waals surface area contributed by atoms with Crippen LogP contribution in [0.4, 0.5) is 11.4 Å². The minimum absolute atomic E-state index is 0.107. The van der Waals surface area contributed by atoms with E-state index >= 15 is 0 Å². The summed E-state index contributed by atoms with van der Waals surface area (Å²) >= 11 is 0. The van der Waals surface area contributed by atoms with Crippen molar-refractivity contribution in [2.24, 2.45) is 0 Å². The highest BCUT2D eigenvalue weighted by Gasteiger charge is 2.27. The van der Waals surface area contributed by atoms with Crippen molar-refractivity contribution in [2.75, 3.05) is 16.8 Å². The number of benzene rings is 2. The molecule has 2 aliphatic rings. The molecule has 0 unspecified atom stereocenters. The topological polar surface area (TPSA) is 61.4 Å². The zero-order valence-electron chi connectivity index (χ0n) is 16.3. The lowest BCUT2D eigenvalue weighted by molar-refractivity contribution is -0.115. The SMILES string of the molecule is C[C@H]1Cc2ccccc2N1CC(=O)Nc1ccccc1C(=O)NC1CCCC1. The number of nitrogens with zero attached hydrogens (tertiary/aromatic N) is 1. The molecule has 0 spiro atoms. The van der Waals surface area contributed by atoms with Gasteiger partial charge in [-0.25, -0.2) is 0 Å². The predicted molar refractivity (Wildman–Crippen MR) is 112 cm³/mol. The average molecular weight is 377 g/mol. The van der Waals surface area contributed by atoms with Crippen LogP contribution in [0.5, 0.6) is 0 Å². The van der Waals surface area contributed by atoms with Gasteiger partial charge < -0.3 is 15.5 Å². The van der Waals surface area contributed by atoms with Crippen LogP contribution in [-0.2, 0) is 11.2 Å². The van der Waals surface area contributed by atoms with Gasteiger partial charge in [-0.1, -0.05) is 43.2 Å². The second-order valence-corrected chi connectivity index (χ2v) is 7.86. The van der Waals surface area contributed by atoms with Gasteiger partial charge >= 0.3 is 0 Å². The Bertz CT molecular complexity index is 874. The van der Waals surface area contributed by atoms with Crippen LogP contribution in [0.2, 0.25) is 0 Å². The van der Waals surface area contributed by atoms with E-state index in [-0.39, 0.29) is 30.4 Å². The van der Waals surface area contributed by atoms with Gasteiger partial charge in [0.25, 0.3) is 5.91 Å². The monoisotopic (exact) mass is 377 g/mol. The van der Waals surface area contributed by atoms with Crippen LogP contribution in [0.1, 0.15) is 48.5 Å². The number of hydrogen-bond donors (Lipinski definition) is 2. The number of anilines is 2. The molecular formula is C23H27N3O2. The Morgan fingerprint density at radius 3 is 2.57 bits per heavy atom. The van der Waals surface area contributed by atoms with E-state index in [1.165, 1.54) is 18.4 Å². The van der Waals surface area contributed by atoms with E-state index in [9.17, 15) is 9.59 Å². The molecule has 0 aromatic heterocycles. The van der Waals surface area contributed by atoms with E-state index in [0.29, 0.717) is 11.3 Å². The smallest absolute Gasteiger partial charge is 0.253 e. The van der Waals surface area contributed by atoms with Crippen LogP contribution in [0.25, 0.3) is 0 Å². The summed E-state index contributed by atoms with van der Waals surface area (Å²) in [6.45, 7) is 2.41. The summed E-state index contributed by atoms with van der Waals surface area (Å²) in [4.78, 5) is 27.6. The fourth-order valence-corrected chi connectivity index (χ4v) is 4.34. The molecule has 2 N–H and O–H groups in total. The molecule has 2 aromatic rings. The third kappa shape index (κ3) is 3.88. The number of para-hydroxylation sites is 2. The molecule has 28 heavy (non-hydrogen) atoms. The highest BCUT2D eigenvalue weighted by atomic mass is 16.2. The second-order valence-electron chi connectivity index (χ2n) is 7.86. The maximum Gasteiger partial charge on any atom is 0.253 e. The van der Waals surface area contributed by atoms with Crippen LogP contribution in [-0.4, -0.2) is 30.4 Å². The van der Waals surface area contributed by atoms with Gasteiger partial charge in [0.2, 0.25) is 5.91 Å². The Balaban J connectivity index is 1.44. The van der Waals surface area contributed by atoms with Gasteiger partial charge in [-0.2, -0.15) is 0 Å². The zero-order chi connectivity index (χ0) is 19.5. The summed E-state index contributed by atoms with van der Waals surface area (Å²) < 4.78 is 0. The summed E-state index contributed by atoms with van der Waals surface area (Å²) in [5, 5.41) is 6.05. The van der Waals surface area contributed by atoms with Crippen molar-refractivity contribution < 1.29 is 9.59 Å². The van der Waals surface area contributed by atoms with Crippen molar-refractivity contribution in [2.45, 2.75) is 51.1 Å². The fraction of sp³-hybridized carbons (Fsp3) is 0.391. The zero-order valence-corrected chi connectivity index (χ0v) is 16.3. The molecule has 5 heteroatoms. The lowest BCUT2D eigenvalue weighted by Crippen LogP contribution is -2.37. The maximum absolute atomic E-state index is 12.8. The third-order valence-electron chi connectivity index (χ3n) is 5.80. The predicted octanol–water partition coefficient (Wildman–Crippen LogP) is 3.75. The van der Waals surface area contributed by atoms with Gasteiger partial charge in [0.1, 0.15) is 0 Å². The van der Waals surface area contributed by atoms with E-state index in [4.69, 9.17) is 0 Å². The molecule has 0 radical (unpaired) electrons. The Hall–Kier alpha value is -2.82. The lowest BCUT2D eigenvalue weighted by Gasteiger charge is -2.24. The molecule has 2 amide bonds. The van der Waals surface area contributed by atoms with Crippen molar-refractivity contribution in [3.8, 4) is 0 Å². The minimum Gasteiger partial charge on any atom is -0.359 e. The van der Waals surface area contributed by atoms with Gasteiger partial charge in [0.05, 0.1) is 17.8 Å². The van der Waals surface area contributed by atoms with E-state index in [1.54, 1.807) is 12.1 Å². The first kappa shape index (κ1) is 18.5. The lowest BCUT2D eigenvalue weighted by atomic mass is 10.1. The molecule has 146 valence electrons. The molecule has 1 saturated carbocycles. The van der Waals surface area contributed by atoms with E-state index in [0.717, 1.165) is 24.9 Å². The minimum atomic E-state index is -0.109. The van der Waals surface area contributed by atoms with Crippen LogP contribution in [0.3, 0.4) is 0 Å². The normalized spacial score (nSPS) is 18.8. The molecule has 1 aliphatic carbocycles. The second kappa shape index (κ2) is 8.05. The maximum atomic E-state index is 12.8. The summed E-state index contributed by atoms with van der Waals surface area (Å²) in [7, 11) is 0. The van der Waals surface area contributed by atoms with E-state index in [2.05, 4.69) is 34.6 Å². The molecule has 1 fully saturated rings. The number of rotatable bonds is 5. The van der Waals surface area contributed by atoms with Crippen molar-refractivity contribution in [3.05, 3.63) is 59.7 Å². The fourth-order valence-electron chi connectivity index (χ4n) is 4.34. The van der Waals surface area contributed by atoms with Gasteiger partial charge in [-0.05, 0) is 49.9 Å². The first-order valence-corrected chi connectivity index (χ1v) is 10.2. The van der Waals surface area contributed by atoms with Crippen molar-refractivity contribution in [1.29, 1.82) is 0 Å². The van der Waals surface area contributed by atoms with Gasteiger partial charge in [0, 0.05) is 17.8 Å². The van der Waals surface area contributed by atoms with Crippen molar-refractivity contribution in [1.82, 2.24) is 5.32 Å². The Labute approximate surface area is 166 Å². The van der Waals surface area contributed by atoms with Gasteiger partial charge in [-0.15, -0.1) is 0 Å². The summed E-state index contributed by atoms with van der Waals surface area (Å²) in [5.74, 6) is -0.215. The van der Waals surface area contributed by atoms with Crippen LogP contribution in [0.15, 0.2) is 48.5 Å². The Kier molecular flexibility index (Phi) is 5.33. The standard InChI is InChI=1S/C23H27N3O2/c1-16-14-17-8-2-7-13-21(17)26(16)15-22(27)25-20-12-6-5-11-19(20)23(28)24-18-9-3-4-10-18/h2,5-8,11-13,16,18H,3-4,9-10,14-15H2,1H3,(H,24,28)(H,25,27)/t16-/m0/s1. The number of fused-ring (bicyclic) bond motifs is 1. The summed E-state index contributed by atoms with van der Waals surface area (Å²) in [6, 6.07) is 16.0. The quantitative estimate of drug-likeness (QED) is 0.834. The van der Waals surface area contributed by atoms with Gasteiger partial charge in [-0.3, -0.25) is 9.59 Å². The summed E-state index contributed by atoms with van der Waals surface area (Å²) in [6.07, 6.45) is 5.35. The average Bonchev–Trinajstić information content (AvgIpc) is 3.30. The van der Waals surface area contributed by atoms with Crippen molar-refractivity contribution in [3.63, 3.8) is 0 Å². The largest absolute Gasteiger partial charge is 0.359 e.